The summed E-state index contributed by atoms with van der Waals surface area (Å²) in [6.07, 6.45) is 1.03. The number of sulfonamides is 1. The van der Waals surface area contributed by atoms with Crippen molar-refractivity contribution in [2.75, 3.05) is 43.6 Å². The topological polar surface area (TPSA) is 84.9 Å². The quantitative estimate of drug-likeness (QED) is 0.524. The number of rotatable bonds is 11. The molecular formula is C20H25FN2O5S2. The number of carbonyl (C=O) groups is 1. The second-order valence-corrected chi connectivity index (χ2v) is 9.31. The van der Waals surface area contributed by atoms with Gasteiger partial charge in [0.2, 0.25) is 15.9 Å². The minimum atomic E-state index is -3.70. The lowest BCUT2D eigenvalue weighted by atomic mass is 10.2. The SMILES string of the molecule is COc1ccc(N(CC(=O)NCCSCc2ccccc2F)S(C)(=O)=O)cc1OC. The van der Waals surface area contributed by atoms with Gasteiger partial charge in [0.05, 0.1) is 26.2 Å². The number of thioether (sulfide) groups is 1. The predicted octanol–water partition coefficient (Wildman–Crippen LogP) is 2.66. The van der Waals surface area contributed by atoms with Crippen LogP contribution in [0.2, 0.25) is 0 Å². The van der Waals surface area contributed by atoms with Crippen molar-refractivity contribution in [1.29, 1.82) is 0 Å². The molecule has 1 N–H and O–H groups in total. The van der Waals surface area contributed by atoms with Crippen LogP contribution in [0, 0.1) is 5.82 Å². The average molecular weight is 457 g/mol. The molecule has 2 rings (SSSR count). The molecule has 0 unspecified atom stereocenters. The van der Waals surface area contributed by atoms with Crippen molar-refractivity contribution in [1.82, 2.24) is 5.32 Å². The second kappa shape index (κ2) is 11.1. The van der Waals surface area contributed by atoms with Crippen LogP contribution < -0.4 is 19.1 Å². The summed E-state index contributed by atoms with van der Waals surface area (Å²) in [7, 11) is -0.786. The van der Waals surface area contributed by atoms with Gasteiger partial charge in [0.1, 0.15) is 12.4 Å². The standard InChI is InChI=1S/C20H25FN2O5S2/c1-27-18-9-8-16(12-19(18)28-2)23(30(3,25)26)13-20(24)22-10-11-29-14-15-6-4-5-7-17(15)21/h4-9,12H,10-11,13-14H2,1-3H3,(H,22,24). The molecule has 7 nitrogen and oxygen atoms in total. The predicted molar refractivity (Wildman–Crippen MR) is 117 cm³/mol. The van der Waals surface area contributed by atoms with Crippen molar-refractivity contribution in [2.24, 2.45) is 0 Å². The van der Waals surface area contributed by atoms with Crippen molar-refractivity contribution >= 4 is 33.4 Å². The molecule has 10 heteroatoms. The number of anilines is 1. The Morgan fingerprint density at radius 1 is 1.13 bits per heavy atom. The lowest BCUT2D eigenvalue weighted by molar-refractivity contribution is -0.119. The minimum Gasteiger partial charge on any atom is -0.493 e. The maximum Gasteiger partial charge on any atom is 0.240 e. The third-order valence-electron chi connectivity index (χ3n) is 4.13. The van der Waals surface area contributed by atoms with E-state index < -0.39 is 15.9 Å². The molecule has 0 saturated carbocycles. The molecule has 2 aromatic carbocycles. The Morgan fingerprint density at radius 2 is 1.83 bits per heavy atom. The first-order valence-electron chi connectivity index (χ1n) is 9.04. The molecule has 0 aromatic heterocycles. The van der Waals surface area contributed by atoms with Gasteiger partial charge in [-0.25, -0.2) is 12.8 Å². The van der Waals surface area contributed by atoms with E-state index in [4.69, 9.17) is 9.47 Å². The molecule has 0 heterocycles. The number of ether oxygens (including phenoxy) is 2. The highest BCUT2D eigenvalue weighted by molar-refractivity contribution is 7.98. The number of amides is 1. The summed E-state index contributed by atoms with van der Waals surface area (Å²) < 4.78 is 49.4. The van der Waals surface area contributed by atoms with E-state index in [-0.39, 0.29) is 12.4 Å². The van der Waals surface area contributed by atoms with E-state index in [1.165, 1.54) is 38.1 Å². The zero-order valence-corrected chi connectivity index (χ0v) is 18.7. The van der Waals surface area contributed by atoms with Gasteiger partial charge in [0, 0.05) is 24.1 Å². The van der Waals surface area contributed by atoms with Crippen molar-refractivity contribution in [3.8, 4) is 11.5 Å². The summed E-state index contributed by atoms with van der Waals surface area (Å²) in [6, 6.07) is 11.1. The van der Waals surface area contributed by atoms with Crippen molar-refractivity contribution in [3.63, 3.8) is 0 Å². The first-order valence-corrected chi connectivity index (χ1v) is 12.0. The van der Waals surface area contributed by atoms with E-state index in [1.807, 2.05) is 0 Å². The molecule has 0 aliphatic carbocycles. The van der Waals surface area contributed by atoms with Crippen LogP contribution in [0.3, 0.4) is 0 Å². The van der Waals surface area contributed by atoms with Crippen LogP contribution >= 0.6 is 11.8 Å². The molecule has 164 valence electrons. The number of halogens is 1. The van der Waals surface area contributed by atoms with Gasteiger partial charge >= 0.3 is 0 Å². The van der Waals surface area contributed by atoms with E-state index in [1.54, 1.807) is 30.3 Å². The van der Waals surface area contributed by atoms with E-state index in [9.17, 15) is 17.6 Å². The second-order valence-electron chi connectivity index (χ2n) is 6.30. The number of benzene rings is 2. The molecule has 0 atom stereocenters. The van der Waals surface area contributed by atoms with Crippen molar-refractivity contribution in [2.45, 2.75) is 5.75 Å². The van der Waals surface area contributed by atoms with Crippen molar-refractivity contribution in [3.05, 3.63) is 53.8 Å². The summed E-state index contributed by atoms with van der Waals surface area (Å²) in [5.41, 5.74) is 0.893. The van der Waals surface area contributed by atoms with Gasteiger partial charge in [-0.15, -0.1) is 0 Å². The number of methoxy groups -OCH3 is 2. The zero-order chi connectivity index (χ0) is 22.1. The Kier molecular flexibility index (Phi) is 8.79. The normalized spacial score (nSPS) is 11.1. The van der Waals surface area contributed by atoms with Gasteiger partial charge in [-0.2, -0.15) is 11.8 Å². The van der Waals surface area contributed by atoms with Gasteiger partial charge in [0.25, 0.3) is 0 Å². The lowest BCUT2D eigenvalue weighted by Crippen LogP contribution is -2.41. The number of nitrogens with one attached hydrogen (secondary N) is 1. The first kappa shape index (κ1) is 23.8. The van der Waals surface area contributed by atoms with Crippen LogP contribution in [-0.2, 0) is 20.6 Å². The van der Waals surface area contributed by atoms with Crippen LogP contribution in [-0.4, -0.2) is 53.6 Å². The van der Waals surface area contributed by atoms with Crippen LogP contribution in [0.5, 0.6) is 11.5 Å². The Balaban J connectivity index is 1.92. The van der Waals surface area contributed by atoms with E-state index in [2.05, 4.69) is 5.32 Å². The summed E-state index contributed by atoms with van der Waals surface area (Å²) >= 11 is 1.48. The van der Waals surface area contributed by atoms with E-state index >= 15 is 0 Å². The summed E-state index contributed by atoms with van der Waals surface area (Å²) in [5, 5.41) is 2.69. The maximum absolute atomic E-state index is 13.6. The highest BCUT2D eigenvalue weighted by atomic mass is 32.2. The maximum atomic E-state index is 13.6. The smallest absolute Gasteiger partial charge is 0.240 e. The largest absolute Gasteiger partial charge is 0.493 e. The third kappa shape index (κ3) is 6.81. The monoisotopic (exact) mass is 456 g/mol. The highest BCUT2D eigenvalue weighted by Gasteiger charge is 2.22. The number of hydrogen-bond acceptors (Lipinski definition) is 6. The van der Waals surface area contributed by atoms with Crippen LogP contribution in [0.1, 0.15) is 5.56 Å². The fraction of sp³-hybridized carbons (Fsp3) is 0.350. The fourth-order valence-electron chi connectivity index (χ4n) is 2.63. The fourth-order valence-corrected chi connectivity index (χ4v) is 4.32. The minimum absolute atomic E-state index is 0.257. The van der Waals surface area contributed by atoms with Crippen LogP contribution in [0.15, 0.2) is 42.5 Å². The van der Waals surface area contributed by atoms with Gasteiger partial charge in [-0.05, 0) is 23.8 Å². The highest BCUT2D eigenvalue weighted by Crippen LogP contribution is 2.32. The average Bonchev–Trinajstić information content (AvgIpc) is 2.71. The van der Waals surface area contributed by atoms with E-state index in [0.717, 1.165) is 10.6 Å². The van der Waals surface area contributed by atoms with Gasteiger partial charge in [-0.3, -0.25) is 9.10 Å². The number of nitrogens with zero attached hydrogens (tertiary/aromatic N) is 1. The third-order valence-corrected chi connectivity index (χ3v) is 6.28. The molecule has 0 fully saturated rings. The van der Waals surface area contributed by atoms with E-state index in [0.29, 0.717) is 40.8 Å². The molecule has 0 bridgehead atoms. The van der Waals surface area contributed by atoms with Crippen molar-refractivity contribution < 1.29 is 27.1 Å². The number of carbonyl (C=O) groups excluding carboxylic acids is 1. The van der Waals surface area contributed by atoms with Gasteiger partial charge in [-0.1, -0.05) is 18.2 Å². The summed E-state index contributed by atoms with van der Waals surface area (Å²) in [4.78, 5) is 12.3. The Bertz CT molecular complexity index is 969. The molecule has 2 aromatic rings. The Labute approximate surface area is 180 Å². The molecule has 0 saturated heterocycles. The molecular weight excluding hydrogens is 431 g/mol. The molecule has 1 amide bonds. The Morgan fingerprint density at radius 3 is 2.47 bits per heavy atom. The van der Waals surface area contributed by atoms with Crippen LogP contribution in [0.25, 0.3) is 0 Å². The summed E-state index contributed by atoms with van der Waals surface area (Å²) in [6.45, 7) is -0.0339. The molecule has 0 radical (unpaired) electrons. The molecule has 0 aliphatic rings. The Hall–Kier alpha value is -2.46. The molecule has 0 spiro atoms. The van der Waals surface area contributed by atoms with Gasteiger partial charge in [0.15, 0.2) is 11.5 Å². The molecule has 0 aliphatic heterocycles. The first-order chi connectivity index (χ1) is 14.3. The zero-order valence-electron chi connectivity index (χ0n) is 17.1. The lowest BCUT2D eigenvalue weighted by Gasteiger charge is -2.23. The van der Waals surface area contributed by atoms with Gasteiger partial charge < -0.3 is 14.8 Å². The number of hydrogen-bond donors (Lipinski definition) is 1. The molecule has 30 heavy (non-hydrogen) atoms. The van der Waals surface area contributed by atoms with Crippen LogP contribution in [0.4, 0.5) is 10.1 Å². The summed E-state index contributed by atoms with van der Waals surface area (Å²) in [5.74, 6) is 1.16.